The van der Waals surface area contributed by atoms with Crippen molar-refractivity contribution in [3.63, 3.8) is 0 Å². The smallest absolute Gasteiger partial charge is 0.461 e. The van der Waals surface area contributed by atoms with Crippen molar-refractivity contribution in [2.75, 3.05) is 12.4 Å². The van der Waals surface area contributed by atoms with Crippen molar-refractivity contribution in [1.29, 1.82) is 0 Å². The molecule has 5 nitrogen and oxygen atoms in total. The summed E-state index contributed by atoms with van der Waals surface area (Å²) in [5, 5.41) is 2.29. The lowest BCUT2D eigenvalue weighted by Crippen LogP contribution is -2.33. The average Bonchev–Trinajstić information content (AvgIpc) is 2.61. The lowest BCUT2D eigenvalue weighted by Gasteiger charge is -2.16. The van der Waals surface area contributed by atoms with E-state index >= 15 is 0 Å². The number of rotatable bonds is 5. The van der Waals surface area contributed by atoms with Gasteiger partial charge in [0.1, 0.15) is 11.6 Å². The molecule has 0 bridgehead atoms. The lowest BCUT2D eigenvalue weighted by atomic mass is 10.2. The van der Waals surface area contributed by atoms with E-state index in [1.54, 1.807) is 0 Å². The van der Waals surface area contributed by atoms with Crippen molar-refractivity contribution in [3.05, 3.63) is 59.9 Å². The summed E-state index contributed by atoms with van der Waals surface area (Å²) in [6.45, 7) is 0. The Kier molecular flexibility index (Phi) is 6.32. The maximum atomic E-state index is 13.7. The Balaban J connectivity index is 2.08. The SMILES string of the molecule is COC(=NC(=O)Nc1ccc(OC(F)(F)C(F)F)cc1)c1ccccc1F. The Morgan fingerprint density at radius 1 is 1.11 bits per heavy atom. The molecular formula is C17H13F5N2O3. The van der Waals surface area contributed by atoms with Crippen molar-refractivity contribution in [1.82, 2.24) is 0 Å². The van der Waals surface area contributed by atoms with Crippen molar-refractivity contribution in [2.24, 2.45) is 4.99 Å². The van der Waals surface area contributed by atoms with Gasteiger partial charge in [-0.3, -0.25) is 0 Å². The first kappa shape index (κ1) is 20.1. The Hall–Kier alpha value is -3.17. The summed E-state index contributed by atoms with van der Waals surface area (Å²) in [6, 6.07) is 8.77. The fraction of sp³-hybridized carbons (Fsp3) is 0.176. The number of anilines is 1. The van der Waals surface area contributed by atoms with Gasteiger partial charge in [0.25, 0.3) is 0 Å². The lowest BCUT2D eigenvalue weighted by molar-refractivity contribution is -0.253. The van der Waals surface area contributed by atoms with Crippen LogP contribution in [0.25, 0.3) is 0 Å². The van der Waals surface area contributed by atoms with Gasteiger partial charge < -0.3 is 14.8 Å². The molecule has 0 saturated carbocycles. The van der Waals surface area contributed by atoms with Crippen LogP contribution in [0.4, 0.5) is 32.4 Å². The molecule has 2 aromatic carbocycles. The first-order valence-electron chi connectivity index (χ1n) is 7.36. The number of halogens is 5. The molecule has 2 aromatic rings. The molecule has 0 saturated heterocycles. The van der Waals surface area contributed by atoms with Gasteiger partial charge in [0, 0.05) is 5.69 Å². The number of ether oxygens (including phenoxy) is 2. The van der Waals surface area contributed by atoms with E-state index in [0.29, 0.717) is 0 Å². The third kappa shape index (κ3) is 5.40. The van der Waals surface area contributed by atoms with Gasteiger partial charge in [-0.15, -0.1) is 0 Å². The first-order valence-corrected chi connectivity index (χ1v) is 7.36. The first-order chi connectivity index (χ1) is 12.7. The van der Waals surface area contributed by atoms with Crippen LogP contribution < -0.4 is 10.1 Å². The van der Waals surface area contributed by atoms with Gasteiger partial charge in [0.2, 0.25) is 5.90 Å². The molecule has 0 aliphatic carbocycles. The summed E-state index contributed by atoms with van der Waals surface area (Å²) in [5.74, 6) is -1.44. The zero-order chi connectivity index (χ0) is 20.0. The molecule has 0 fully saturated rings. The van der Waals surface area contributed by atoms with Crippen LogP contribution in [0.2, 0.25) is 0 Å². The highest BCUT2D eigenvalue weighted by molar-refractivity contribution is 6.04. The second kappa shape index (κ2) is 8.47. The highest BCUT2D eigenvalue weighted by atomic mass is 19.3. The summed E-state index contributed by atoms with van der Waals surface area (Å²) < 4.78 is 72.3. The van der Waals surface area contributed by atoms with Crippen molar-refractivity contribution in [3.8, 4) is 5.75 Å². The summed E-state index contributed by atoms with van der Waals surface area (Å²) in [5.41, 5.74) is 0.0774. The number of nitrogens with one attached hydrogen (secondary N) is 1. The number of carbonyl (C=O) groups excluding carboxylic acids is 1. The van der Waals surface area contributed by atoms with Crippen LogP contribution in [0.3, 0.4) is 0 Å². The number of benzene rings is 2. The molecule has 0 aliphatic heterocycles. The average molecular weight is 388 g/mol. The van der Waals surface area contributed by atoms with Crippen LogP contribution in [0.5, 0.6) is 5.75 Å². The zero-order valence-electron chi connectivity index (χ0n) is 13.8. The van der Waals surface area contributed by atoms with Gasteiger partial charge in [-0.2, -0.15) is 22.6 Å². The molecule has 0 atom stereocenters. The highest BCUT2D eigenvalue weighted by Crippen LogP contribution is 2.28. The minimum absolute atomic E-state index is 0.0341. The van der Waals surface area contributed by atoms with Crippen LogP contribution in [-0.2, 0) is 4.74 Å². The molecule has 0 heterocycles. The Morgan fingerprint density at radius 3 is 2.30 bits per heavy atom. The molecule has 1 N–H and O–H groups in total. The van der Waals surface area contributed by atoms with E-state index in [9.17, 15) is 26.7 Å². The second-order valence-electron chi connectivity index (χ2n) is 5.02. The van der Waals surface area contributed by atoms with Gasteiger partial charge in [0.05, 0.1) is 12.7 Å². The topological polar surface area (TPSA) is 59.9 Å². The number of alkyl halides is 4. The number of carbonyl (C=O) groups is 1. The zero-order valence-corrected chi connectivity index (χ0v) is 13.8. The molecule has 0 radical (unpaired) electrons. The van der Waals surface area contributed by atoms with E-state index in [1.165, 1.54) is 25.3 Å². The van der Waals surface area contributed by atoms with Crippen LogP contribution in [0.15, 0.2) is 53.5 Å². The van der Waals surface area contributed by atoms with E-state index in [-0.39, 0.29) is 17.1 Å². The van der Waals surface area contributed by atoms with Crippen LogP contribution in [0.1, 0.15) is 5.56 Å². The monoisotopic (exact) mass is 388 g/mol. The number of hydrogen-bond donors (Lipinski definition) is 1. The van der Waals surface area contributed by atoms with Gasteiger partial charge in [0.15, 0.2) is 0 Å². The van der Waals surface area contributed by atoms with E-state index in [4.69, 9.17) is 4.74 Å². The highest BCUT2D eigenvalue weighted by Gasteiger charge is 2.43. The molecule has 2 amide bonds. The van der Waals surface area contributed by atoms with Gasteiger partial charge in [-0.05, 0) is 36.4 Å². The minimum Gasteiger partial charge on any atom is -0.480 e. The molecule has 0 spiro atoms. The van der Waals surface area contributed by atoms with E-state index in [0.717, 1.165) is 30.3 Å². The van der Waals surface area contributed by atoms with Gasteiger partial charge in [-0.1, -0.05) is 12.1 Å². The van der Waals surface area contributed by atoms with Crippen LogP contribution in [-0.4, -0.2) is 31.6 Å². The third-order valence-electron chi connectivity index (χ3n) is 3.11. The standard InChI is InChI=1S/C17H13F5N2O3/c1-26-14(12-4-2-3-5-13(12)18)24-16(25)23-10-6-8-11(9-7-10)27-17(21,22)15(19)20/h2-9,15H,1H3,(H,23,25). The fourth-order valence-electron chi connectivity index (χ4n) is 1.90. The Labute approximate surface area is 150 Å². The number of aliphatic imine (C=N–C) groups is 1. The minimum atomic E-state index is -4.64. The van der Waals surface area contributed by atoms with Crippen molar-refractivity contribution in [2.45, 2.75) is 12.5 Å². The van der Waals surface area contributed by atoms with Crippen LogP contribution >= 0.6 is 0 Å². The van der Waals surface area contributed by atoms with Crippen molar-refractivity contribution >= 4 is 17.6 Å². The summed E-state index contributed by atoms with van der Waals surface area (Å²) in [4.78, 5) is 15.5. The van der Waals surface area contributed by atoms with E-state index in [1.807, 2.05) is 0 Å². The van der Waals surface area contributed by atoms with Crippen molar-refractivity contribution < 1.29 is 36.2 Å². The van der Waals surface area contributed by atoms with E-state index < -0.39 is 30.1 Å². The summed E-state index contributed by atoms with van der Waals surface area (Å²) >= 11 is 0. The van der Waals surface area contributed by atoms with E-state index in [2.05, 4.69) is 15.0 Å². The Morgan fingerprint density at radius 2 is 1.74 bits per heavy atom. The third-order valence-corrected chi connectivity index (χ3v) is 3.11. The predicted molar refractivity (Wildman–Crippen MR) is 87.0 cm³/mol. The maximum Gasteiger partial charge on any atom is 0.461 e. The molecular weight excluding hydrogens is 375 g/mol. The normalized spacial score (nSPS) is 12.0. The largest absolute Gasteiger partial charge is 0.480 e. The number of amides is 2. The molecule has 27 heavy (non-hydrogen) atoms. The molecule has 0 aromatic heterocycles. The molecule has 0 aliphatic rings. The number of hydrogen-bond acceptors (Lipinski definition) is 3. The molecule has 0 unspecified atom stereocenters. The summed E-state index contributed by atoms with van der Waals surface area (Å²) in [7, 11) is 1.20. The number of nitrogens with zero attached hydrogens (tertiary/aromatic N) is 1. The molecule has 10 heteroatoms. The van der Waals surface area contributed by atoms with Crippen LogP contribution in [0, 0.1) is 5.82 Å². The predicted octanol–water partition coefficient (Wildman–Crippen LogP) is 4.69. The van der Waals surface area contributed by atoms with Gasteiger partial charge >= 0.3 is 18.6 Å². The number of urea groups is 1. The molecule has 144 valence electrons. The second-order valence-corrected chi connectivity index (χ2v) is 5.02. The summed E-state index contributed by atoms with van der Waals surface area (Å²) in [6.07, 6.45) is -8.63. The quantitative estimate of drug-likeness (QED) is 0.459. The number of methoxy groups -OCH3 is 1. The fourth-order valence-corrected chi connectivity index (χ4v) is 1.90. The maximum absolute atomic E-state index is 13.7. The Bertz CT molecular complexity index is 826. The van der Waals surface area contributed by atoms with Gasteiger partial charge in [-0.25, -0.2) is 9.18 Å². The molecule has 2 rings (SSSR count).